The van der Waals surface area contributed by atoms with Gasteiger partial charge in [-0.05, 0) is 24.5 Å². The number of hydrogen-bond acceptors (Lipinski definition) is 3. The summed E-state index contributed by atoms with van der Waals surface area (Å²) in [5, 5.41) is 4.72. The van der Waals surface area contributed by atoms with Crippen molar-refractivity contribution in [1.82, 2.24) is 5.32 Å². The molecule has 0 aromatic heterocycles. The van der Waals surface area contributed by atoms with Crippen LogP contribution in [0.3, 0.4) is 0 Å². The minimum absolute atomic E-state index is 0.0993. The Morgan fingerprint density at radius 2 is 2.25 bits per heavy atom. The van der Waals surface area contributed by atoms with Crippen molar-refractivity contribution in [2.24, 2.45) is 5.41 Å². The molecule has 20 heavy (non-hydrogen) atoms. The molecule has 3 nitrogen and oxygen atoms in total. The van der Waals surface area contributed by atoms with Crippen LogP contribution in [0.4, 0.5) is 0 Å². The van der Waals surface area contributed by atoms with Gasteiger partial charge < -0.3 is 14.8 Å². The molecule has 1 saturated heterocycles. The molecule has 0 bridgehead atoms. The number of nitrogens with one attached hydrogen (secondary N) is 1. The van der Waals surface area contributed by atoms with Gasteiger partial charge in [-0.15, -0.1) is 0 Å². The van der Waals surface area contributed by atoms with Gasteiger partial charge in [-0.2, -0.15) is 0 Å². The van der Waals surface area contributed by atoms with Crippen LogP contribution >= 0.6 is 23.2 Å². The normalized spacial score (nSPS) is 22.4. The van der Waals surface area contributed by atoms with Crippen LogP contribution in [-0.4, -0.2) is 40.0 Å². The summed E-state index contributed by atoms with van der Waals surface area (Å²) >= 11 is 12.4. The quantitative estimate of drug-likeness (QED) is 0.783. The average Bonchev–Trinajstić information content (AvgIpc) is 2.89. The topological polar surface area (TPSA) is 30.5 Å². The molecule has 1 N–H and O–H groups in total. The van der Waals surface area contributed by atoms with E-state index < -0.39 is 0 Å². The molecule has 0 spiro atoms. The summed E-state index contributed by atoms with van der Waals surface area (Å²) in [6.07, 6.45) is 1.92. The molecule has 112 valence electrons. The number of ether oxygens (including phenoxy) is 2. The highest BCUT2D eigenvalue weighted by Gasteiger charge is 2.35. The van der Waals surface area contributed by atoms with Gasteiger partial charge in [-0.3, -0.25) is 0 Å². The van der Waals surface area contributed by atoms with Gasteiger partial charge in [-0.25, -0.2) is 0 Å². The third-order valence-electron chi connectivity index (χ3n) is 3.76. The van der Waals surface area contributed by atoms with Gasteiger partial charge in [0.2, 0.25) is 0 Å². The second kappa shape index (κ2) is 7.62. The molecular formula is C15H21Cl2NO2. The van der Waals surface area contributed by atoms with Crippen molar-refractivity contribution in [2.45, 2.75) is 12.8 Å². The van der Waals surface area contributed by atoms with E-state index in [1.165, 1.54) is 0 Å². The van der Waals surface area contributed by atoms with Gasteiger partial charge in [0.15, 0.2) is 0 Å². The predicted molar refractivity (Wildman–Crippen MR) is 82.8 cm³/mol. The van der Waals surface area contributed by atoms with Gasteiger partial charge in [0.25, 0.3) is 0 Å². The fraction of sp³-hybridized carbons (Fsp3) is 0.600. The molecular weight excluding hydrogens is 297 g/mol. The molecule has 1 atom stereocenters. The maximum atomic E-state index is 6.30. The molecule has 1 aliphatic rings. The summed E-state index contributed by atoms with van der Waals surface area (Å²) in [7, 11) is 1.71. The Hall–Kier alpha value is -0.320. The molecule has 0 aliphatic carbocycles. The van der Waals surface area contributed by atoms with Crippen molar-refractivity contribution in [3.05, 3.63) is 33.8 Å². The van der Waals surface area contributed by atoms with Gasteiger partial charge >= 0.3 is 0 Å². The van der Waals surface area contributed by atoms with Crippen LogP contribution in [0.25, 0.3) is 0 Å². The lowest BCUT2D eigenvalue weighted by atomic mass is 9.81. The van der Waals surface area contributed by atoms with E-state index in [9.17, 15) is 0 Å². The van der Waals surface area contributed by atoms with E-state index in [0.717, 1.165) is 51.3 Å². The summed E-state index contributed by atoms with van der Waals surface area (Å²) in [4.78, 5) is 0. The zero-order chi connectivity index (χ0) is 14.4. The minimum atomic E-state index is 0.0993. The first kappa shape index (κ1) is 16.1. The van der Waals surface area contributed by atoms with Crippen LogP contribution < -0.4 is 5.32 Å². The fourth-order valence-electron chi connectivity index (χ4n) is 2.61. The van der Waals surface area contributed by atoms with Crippen LogP contribution in [0.1, 0.15) is 12.0 Å². The highest BCUT2D eigenvalue weighted by atomic mass is 35.5. The SMILES string of the molecule is COCCNCC1(Cc2cccc(Cl)c2Cl)CCOC1. The minimum Gasteiger partial charge on any atom is -0.383 e. The highest BCUT2D eigenvalue weighted by molar-refractivity contribution is 6.42. The number of hydrogen-bond donors (Lipinski definition) is 1. The molecule has 1 aromatic carbocycles. The van der Waals surface area contributed by atoms with Gasteiger partial charge in [0, 0.05) is 32.2 Å². The Balaban J connectivity index is 2.03. The van der Waals surface area contributed by atoms with E-state index >= 15 is 0 Å². The van der Waals surface area contributed by atoms with Crippen molar-refractivity contribution in [3.8, 4) is 0 Å². The van der Waals surface area contributed by atoms with Gasteiger partial charge in [-0.1, -0.05) is 35.3 Å². The maximum absolute atomic E-state index is 6.30. The van der Waals surface area contributed by atoms with Crippen LogP contribution in [-0.2, 0) is 15.9 Å². The van der Waals surface area contributed by atoms with E-state index in [-0.39, 0.29) is 5.41 Å². The number of halogens is 2. The zero-order valence-electron chi connectivity index (χ0n) is 11.8. The zero-order valence-corrected chi connectivity index (χ0v) is 13.3. The molecule has 2 rings (SSSR count). The Morgan fingerprint density at radius 1 is 1.40 bits per heavy atom. The van der Waals surface area contributed by atoms with E-state index in [0.29, 0.717) is 10.0 Å². The first-order valence-electron chi connectivity index (χ1n) is 6.87. The number of benzene rings is 1. The lowest BCUT2D eigenvalue weighted by Gasteiger charge is -2.28. The van der Waals surface area contributed by atoms with E-state index in [4.69, 9.17) is 32.7 Å². The lowest BCUT2D eigenvalue weighted by molar-refractivity contribution is 0.145. The Kier molecular flexibility index (Phi) is 6.12. The van der Waals surface area contributed by atoms with E-state index in [2.05, 4.69) is 5.32 Å². The monoisotopic (exact) mass is 317 g/mol. The standard InChI is InChI=1S/C15H21Cl2NO2/c1-19-8-6-18-10-15(5-7-20-11-15)9-12-3-2-4-13(16)14(12)17/h2-4,18H,5-11H2,1H3. The summed E-state index contributed by atoms with van der Waals surface area (Å²) in [5.74, 6) is 0. The van der Waals surface area contributed by atoms with E-state index in [1.807, 2.05) is 18.2 Å². The van der Waals surface area contributed by atoms with Crippen molar-refractivity contribution in [3.63, 3.8) is 0 Å². The third kappa shape index (κ3) is 4.09. The summed E-state index contributed by atoms with van der Waals surface area (Å²) in [6.45, 7) is 4.04. The van der Waals surface area contributed by atoms with Crippen molar-refractivity contribution < 1.29 is 9.47 Å². The molecule has 0 radical (unpaired) electrons. The molecule has 1 fully saturated rings. The predicted octanol–water partition coefficient (Wildman–Crippen LogP) is 3.18. The molecule has 1 heterocycles. The highest BCUT2D eigenvalue weighted by Crippen LogP contribution is 2.36. The molecule has 0 saturated carbocycles. The van der Waals surface area contributed by atoms with Crippen LogP contribution in [0.2, 0.25) is 10.0 Å². The smallest absolute Gasteiger partial charge is 0.0624 e. The summed E-state index contributed by atoms with van der Waals surface area (Å²) in [6, 6.07) is 5.82. The Labute approximate surface area is 130 Å². The second-order valence-electron chi connectivity index (χ2n) is 5.36. The third-order valence-corrected chi connectivity index (χ3v) is 4.62. The number of rotatable bonds is 7. The average molecular weight is 318 g/mol. The van der Waals surface area contributed by atoms with Crippen LogP contribution in [0.5, 0.6) is 0 Å². The second-order valence-corrected chi connectivity index (χ2v) is 6.15. The largest absolute Gasteiger partial charge is 0.383 e. The summed E-state index contributed by atoms with van der Waals surface area (Å²) in [5.41, 5.74) is 1.19. The van der Waals surface area contributed by atoms with Crippen molar-refractivity contribution >= 4 is 23.2 Å². The first-order chi connectivity index (χ1) is 9.67. The van der Waals surface area contributed by atoms with Crippen LogP contribution in [0, 0.1) is 5.41 Å². The molecule has 1 aromatic rings. The van der Waals surface area contributed by atoms with Gasteiger partial charge in [0.1, 0.15) is 0 Å². The molecule has 5 heteroatoms. The maximum Gasteiger partial charge on any atom is 0.0624 e. The van der Waals surface area contributed by atoms with E-state index in [1.54, 1.807) is 7.11 Å². The number of methoxy groups -OCH3 is 1. The summed E-state index contributed by atoms with van der Waals surface area (Å²) < 4.78 is 10.7. The van der Waals surface area contributed by atoms with Crippen LogP contribution in [0.15, 0.2) is 18.2 Å². The first-order valence-corrected chi connectivity index (χ1v) is 7.63. The lowest BCUT2D eigenvalue weighted by Crippen LogP contribution is -2.38. The van der Waals surface area contributed by atoms with Crippen molar-refractivity contribution in [2.75, 3.05) is 40.0 Å². The molecule has 1 unspecified atom stereocenters. The fourth-order valence-corrected chi connectivity index (χ4v) is 2.99. The molecule has 0 amide bonds. The Morgan fingerprint density at radius 3 is 2.95 bits per heavy atom. The van der Waals surface area contributed by atoms with Crippen molar-refractivity contribution in [1.29, 1.82) is 0 Å². The Bertz CT molecular complexity index is 434. The van der Waals surface area contributed by atoms with Gasteiger partial charge in [0.05, 0.1) is 23.3 Å². The molecule has 1 aliphatic heterocycles.